The minimum absolute atomic E-state index is 0.0341. The molecule has 0 aliphatic rings. The molecule has 0 heterocycles. The molecule has 4 nitrogen and oxygen atoms in total. The van der Waals surface area contributed by atoms with Crippen molar-refractivity contribution in [2.75, 3.05) is 19.6 Å². The minimum atomic E-state index is -0.190. The molecular formula is C11H23N3OS. The van der Waals surface area contributed by atoms with E-state index in [2.05, 4.69) is 19.2 Å². The Bertz CT molecular complexity index is 243. The second-order valence-electron chi connectivity index (χ2n) is 4.34. The molecule has 94 valence electrons. The lowest BCUT2D eigenvalue weighted by Crippen LogP contribution is -2.48. The van der Waals surface area contributed by atoms with Crippen LogP contribution in [-0.2, 0) is 4.79 Å². The maximum absolute atomic E-state index is 11.8. The summed E-state index contributed by atoms with van der Waals surface area (Å²) in [4.78, 5) is 14.2. The fourth-order valence-electron chi connectivity index (χ4n) is 1.34. The van der Waals surface area contributed by atoms with E-state index < -0.39 is 0 Å². The normalized spacial score (nSPS) is 12.9. The van der Waals surface area contributed by atoms with E-state index in [9.17, 15) is 4.79 Å². The highest BCUT2D eigenvalue weighted by molar-refractivity contribution is 7.80. The van der Waals surface area contributed by atoms with Crippen LogP contribution in [0, 0.1) is 5.92 Å². The van der Waals surface area contributed by atoms with Gasteiger partial charge in [0, 0.05) is 13.1 Å². The molecule has 1 amide bonds. The van der Waals surface area contributed by atoms with E-state index in [1.807, 2.05) is 18.7 Å². The third-order valence-corrected chi connectivity index (χ3v) is 2.51. The summed E-state index contributed by atoms with van der Waals surface area (Å²) in [5, 5.41) is 2.91. The molecule has 0 spiro atoms. The molecule has 0 rings (SSSR count). The molecule has 1 atom stereocenters. The van der Waals surface area contributed by atoms with E-state index in [-0.39, 0.29) is 11.9 Å². The average Bonchev–Trinajstić information content (AvgIpc) is 2.21. The number of rotatable bonds is 7. The number of nitrogens with two attached hydrogens (primary N) is 1. The molecular weight excluding hydrogens is 222 g/mol. The number of nitrogens with zero attached hydrogens (tertiary/aromatic N) is 1. The maximum Gasteiger partial charge on any atom is 0.237 e. The van der Waals surface area contributed by atoms with Gasteiger partial charge in [-0.3, -0.25) is 9.69 Å². The van der Waals surface area contributed by atoms with Gasteiger partial charge in [-0.2, -0.15) is 0 Å². The number of carbonyl (C=O) groups is 1. The lowest BCUT2D eigenvalue weighted by Gasteiger charge is -2.26. The van der Waals surface area contributed by atoms with E-state index in [0.717, 1.165) is 6.54 Å². The van der Waals surface area contributed by atoms with Crippen LogP contribution < -0.4 is 11.1 Å². The number of hydrogen-bond acceptors (Lipinski definition) is 3. The van der Waals surface area contributed by atoms with Crippen molar-refractivity contribution < 1.29 is 4.79 Å². The van der Waals surface area contributed by atoms with Crippen LogP contribution in [0.5, 0.6) is 0 Å². The quantitative estimate of drug-likeness (QED) is 0.650. The van der Waals surface area contributed by atoms with Gasteiger partial charge in [0.2, 0.25) is 5.91 Å². The predicted molar refractivity (Wildman–Crippen MR) is 71.3 cm³/mol. The Hall–Kier alpha value is -0.680. The highest BCUT2D eigenvalue weighted by atomic mass is 32.1. The summed E-state index contributed by atoms with van der Waals surface area (Å²) in [6.07, 6.45) is 0. The number of hydrogen-bond donors (Lipinski definition) is 2. The molecule has 3 N–H and O–H groups in total. The Morgan fingerprint density at radius 2 is 2.00 bits per heavy atom. The highest BCUT2D eigenvalue weighted by Gasteiger charge is 2.20. The summed E-state index contributed by atoms with van der Waals surface area (Å²) < 4.78 is 0. The molecule has 0 saturated heterocycles. The molecule has 5 heteroatoms. The van der Waals surface area contributed by atoms with Crippen molar-refractivity contribution in [3.63, 3.8) is 0 Å². The van der Waals surface area contributed by atoms with Gasteiger partial charge < -0.3 is 11.1 Å². The van der Waals surface area contributed by atoms with Gasteiger partial charge in [-0.15, -0.1) is 0 Å². The van der Waals surface area contributed by atoms with E-state index in [0.29, 0.717) is 24.0 Å². The van der Waals surface area contributed by atoms with Crippen molar-refractivity contribution in [3.8, 4) is 0 Å². The molecule has 0 saturated carbocycles. The zero-order chi connectivity index (χ0) is 12.7. The third-order valence-electron chi connectivity index (χ3n) is 2.38. The van der Waals surface area contributed by atoms with Crippen LogP contribution in [0.1, 0.15) is 27.7 Å². The van der Waals surface area contributed by atoms with E-state index in [1.165, 1.54) is 0 Å². The monoisotopic (exact) mass is 245 g/mol. The van der Waals surface area contributed by atoms with Crippen LogP contribution in [0.3, 0.4) is 0 Å². The standard InChI is InChI=1S/C11H23N3OS/c1-5-14(7-10(12)16)9(4)11(15)13-6-8(2)3/h8-9H,5-7H2,1-4H3,(H2,12,16)(H,13,15). The summed E-state index contributed by atoms with van der Waals surface area (Å²) in [7, 11) is 0. The van der Waals surface area contributed by atoms with Crippen molar-refractivity contribution in [1.82, 2.24) is 10.2 Å². The third kappa shape index (κ3) is 6.02. The van der Waals surface area contributed by atoms with Crippen LogP contribution in [0.25, 0.3) is 0 Å². The van der Waals surface area contributed by atoms with Gasteiger partial charge in [0.25, 0.3) is 0 Å². The van der Waals surface area contributed by atoms with E-state index in [1.54, 1.807) is 0 Å². The Labute approximate surface area is 104 Å². The van der Waals surface area contributed by atoms with Gasteiger partial charge in [-0.05, 0) is 19.4 Å². The number of thiocarbonyl (C=S) groups is 1. The van der Waals surface area contributed by atoms with E-state index >= 15 is 0 Å². The number of likely N-dealkylation sites (N-methyl/N-ethyl adjacent to an activating group) is 1. The van der Waals surface area contributed by atoms with E-state index in [4.69, 9.17) is 18.0 Å². The van der Waals surface area contributed by atoms with Gasteiger partial charge in [-0.1, -0.05) is 33.0 Å². The molecule has 0 aliphatic heterocycles. The SMILES string of the molecule is CCN(CC(N)=S)C(C)C(=O)NCC(C)C. The number of carbonyl (C=O) groups excluding carboxylic acids is 1. The van der Waals surface area contributed by atoms with Crippen molar-refractivity contribution in [2.45, 2.75) is 33.7 Å². The summed E-state index contributed by atoms with van der Waals surface area (Å²) in [5.41, 5.74) is 5.49. The second-order valence-corrected chi connectivity index (χ2v) is 4.87. The zero-order valence-corrected chi connectivity index (χ0v) is 11.4. The summed E-state index contributed by atoms with van der Waals surface area (Å²) in [5.74, 6) is 0.494. The van der Waals surface area contributed by atoms with Crippen molar-refractivity contribution >= 4 is 23.1 Å². The lowest BCUT2D eigenvalue weighted by molar-refractivity contribution is -0.125. The van der Waals surface area contributed by atoms with Crippen LogP contribution >= 0.6 is 12.2 Å². The largest absolute Gasteiger partial charge is 0.392 e. The molecule has 0 aromatic carbocycles. The first kappa shape index (κ1) is 15.3. The topological polar surface area (TPSA) is 58.4 Å². The van der Waals surface area contributed by atoms with Gasteiger partial charge in [0.15, 0.2) is 0 Å². The van der Waals surface area contributed by atoms with Crippen LogP contribution in [0.4, 0.5) is 0 Å². The van der Waals surface area contributed by atoms with Gasteiger partial charge in [0.1, 0.15) is 0 Å². The van der Waals surface area contributed by atoms with Gasteiger partial charge >= 0.3 is 0 Å². The molecule has 0 radical (unpaired) electrons. The van der Waals surface area contributed by atoms with Crippen molar-refractivity contribution in [2.24, 2.45) is 11.7 Å². The number of amides is 1. The predicted octanol–water partition coefficient (Wildman–Crippen LogP) is 0.755. The summed E-state index contributed by atoms with van der Waals surface area (Å²) in [6.45, 7) is 9.94. The molecule has 1 unspecified atom stereocenters. The molecule has 0 aliphatic carbocycles. The summed E-state index contributed by atoms with van der Waals surface area (Å²) >= 11 is 4.85. The molecule has 0 bridgehead atoms. The van der Waals surface area contributed by atoms with Crippen LogP contribution in [0.15, 0.2) is 0 Å². The Morgan fingerprint density at radius 3 is 2.38 bits per heavy atom. The van der Waals surface area contributed by atoms with Gasteiger partial charge in [0.05, 0.1) is 11.0 Å². The van der Waals surface area contributed by atoms with Crippen molar-refractivity contribution in [3.05, 3.63) is 0 Å². The first-order valence-electron chi connectivity index (χ1n) is 5.68. The zero-order valence-electron chi connectivity index (χ0n) is 10.6. The molecule has 0 aromatic rings. The average molecular weight is 245 g/mol. The maximum atomic E-state index is 11.8. The Kier molecular flexibility index (Phi) is 7.25. The molecule has 0 aromatic heterocycles. The highest BCUT2D eigenvalue weighted by Crippen LogP contribution is 1.99. The first-order chi connectivity index (χ1) is 7.38. The summed E-state index contributed by atoms with van der Waals surface area (Å²) in [6, 6.07) is -0.190. The Balaban J connectivity index is 4.21. The molecule has 16 heavy (non-hydrogen) atoms. The smallest absolute Gasteiger partial charge is 0.237 e. The minimum Gasteiger partial charge on any atom is -0.392 e. The fourth-order valence-corrected chi connectivity index (χ4v) is 1.51. The fraction of sp³-hybridized carbons (Fsp3) is 0.818. The second kappa shape index (κ2) is 7.57. The van der Waals surface area contributed by atoms with Crippen LogP contribution in [-0.4, -0.2) is 41.5 Å². The Morgan fingerprint density at radius 1 is 1.44 bits per heavy atom. The van der Waals surface area contributed by atoms with Crippen molar-refractivity contribution in [1.29, 1.82) is 0 Å². The van der Waals surface area contributed by atoms with Crippen LogP contribution in [0.2, 0.25) is 0 Å². The number of nitrogens with one attached hydrogen (secondary N) is 1. The molecule has 0 fully saturated rings. The van der Waals surface area contributed by atoms with Gasteiger partial charge in [-0.25, -0.2) is 0 Å². The first-order valence-corrected chi connectivity index (χ1v) is 6.09. The lowest BCUT2D eigenvalue weighted by atomic mass is 10.2.